The third kappa shape index (κ3) is 3.39. The van der Waals surface area contributed by atoms with Crippen LogP contribution in [-0.4, -0.2) is 56.6 Å². The van der Waals surface area contributed by atoms with Crippen molar-refractivity contribution in [1.82, 2.24) is 24.5 Å². The van der Waals surface area contributed by atoms with Gasteiger partial charge in [0.15, 0.2) is 5.65 Å². The summed E-state index contributed by atoms with van der Waals surface area (Å²) in [5, 5.41) is 7.21. The van der Waals surface area contributed by atoms with E-state index in [1.54, 1.807) is 30.4 Å². The van der Waals surface area contributed by atoms with Crippen LogP contribution in [0.2, 0.25) is 0 Å². The number of anilines is 1. The van der Waals surface area contributed by atoms with Crippen LogP contribution in [0, 0.1) is 0 Å². The summed E-state index contributed by atoms with van der Waals surface area (Å²) in [7, 11) is 1.76. The average molecular weight is 386 g/mol. The monoisotopic (exact) mass is 386 g/mol. The van der Waals surface area contributed by atoms with Crippen LogP contribution in [0.25, 0.3) is 5.65 Å². The number of alkyl halides is 2. The molecule has 1 aliphatic rings. The Morgan fingerprint density at radius 3 is 2.54 bits per heavy atom. The van der Waals surface area contributed by atoms with Crippen LogP contribution >= 0.6 is 0 Å². The second-order valence-corrected chi connectivity index (χ2v) is 6.84. The third-order valence-corrected chi connectivity index (χ3v) is 5.23. The van der Waals surface area contributed by atoms with Crippen molar-refractivity contribution in [3.63, 3.8) is 0 Å². The SMILES string of the molecule is CN(C(=O)c1ccc2nnc(C(F)F)n2c1)C1CCN(c2ccncc2)CC1. The molecule has 0 saturated carbocycles. The van der Waals surface area contributed by atoms with Gasteiger partial charge in [0, 0.05) is 50.5 Å². The van der Waals surface area contributed by atoms with Crippen LogP contribution in [0.5, 0.6) is 0 Å². The van der Waals surface area contributed by atoms with E-state index in [4.69, 9.17) is 0 Å². The molecule has 0 atom stereocenters. The standard InChI is InChI=1S/C19H20F2N6O/c1-25(14-6-10-26(11-7-14)15-4-8-22-9-5-15)19(28)13-2-3-16-23-24-18(17(20)21)27(16)12-13/h2-5,8-9,12,14,17H,6-7,10-11H2,1H3. The van der Waals surface area contributed by atoms with Crippen LogP contribution in [-0.2, 0) is 0 Å². The maximum absolute atomic E-state index is 13.1. The van der Waals surface area contributed by atoms with E-state index in [1.807, 2.05) is 12.1 Å². The van der Waals surface area contributed by atoms with Crippen molar-refractivity contribution < 1.29 is 13.6 Å². The molecule has 4 rings (SSSR count). The smallest absolute Gasteiger partial charge is 0.297 e. The van der Waals surface area contributed by atoms with Crippen LogP contribution in [0.4, 0.5) is 14.5 Å². The molecule has 28 heavy (non-hydrogen) atoms. The molecule has 3 aromatic rings. The minimum atomic E-state index is -2.75. The Morgan fingerprint density at radius 1 is 1.14 bits per heavy atom. The molecule has 3 aromatic heterocycles. The number of pyridine rings is 2. The minimum absolute atomic E-state index is 0.0942. The quantitative estimate of drug-likeness (QED) is 0.690. The first-order valence-corrected chi connectivity index (χ1v) is 9.09. The van der Waals surface area contributed by atoms with E-state index in [0.717, 1.165) is 31.6 Å². The number of piperidine rings is 1. The summed E-state index contributed by atoms with van der Waals surface area (Å²) in [6.45, 7) is 1.68. The van der Waals surface area contributed by atoms with Gasteiger partial charge in [-0.05, 0) is 37.1 Å². The summed E-state index contributed by atoms with van der Waals surface area (Å²) in [6.07, 6.45) is 3.85. The fourth-order valence-electron chi connectivity index (χ4n) is 3.62. The van der Waals surface area contributed by atoms with Gasteiger partial charge in [-0.15, -0.1) is 10.2 Å². The molecule has 0 aromatic carbocycles. The molecule has 0 aliphatic carbocycles. The highest BCUT2D eigenvalue weighted by Crippen LogP contribution is 2.23. The third-order valence-electron chi connectivity index (χ3n) is 5.23. The molecule has 0 radical (unpaired) electrons. The van der Waals surface area contributed by atoms with Crippen molar-refractivity contribution in [3.05, 3.63) is 54.2 Å². The number of halogens is 2. The van der Waals surface area contributed by atoms with Crippen LogP contribution < -0.4 is 4.90 Å². The number of hydrogen-bond donors (Lipinski definition) is 0. The van der Waals surface area contributed by atoms with Crippen LogP contribution in [0.15, 0.2) is 42.9 Å². The number of nitrogens with zero attached hydrogens (tertiary/aromatic N) is 6. The van der Waals surface area contributed by atoms with Crippen molar-refractivity contribution in [2.75, 3.05) is 25.0 Å². The van der Waals surface area contributed by atoms with Gasteiger partial charge in [0.25, 0.3) is 12.3 Å². The summed E-state index contributed by atoms with van der Waals surface area (Å²) >= 11 is 0. The zero-order valence-electron chi connectivity index (χ0n) is 15.4. The maximum atomic E-state index is 13.1. The van der Waals surface area contributed by atoms with E-state index in [1.165, 1.54) is 16.7 Å². The van der Waals surface area contributed by atoms with Gasteiger partial charge in [0.05, 0.1) is 5.56 Å². The first kappa shape index (κ1) is 18.3. The summed E-state index contributed by atoms with van der Waals surface area (Å²) in [5.74, 6) is -0.656. The van der Waals surface area contributed by atoms with Crippen molar-refractivity contribution in [2.45, 2.75) is 25.3 Å². The molecule has 1 saturated heterocycles. The summed E-state index contributed by atoms with van der Waals surface area (Å²) < 4.78 is 27.3. The van der Waals surface area contributed by atoms with Gasteiger partial charge in [-0.2, -0.15) is 0 Å². The predicted molar refractivity (Wildman–Crippen MR) is 99.5 cm³/mol. The fourth-order valence-corrected chi connectivity index (χ4v) is 3.62. The van der Waals surface area contributed by atoms with Crippen molar-refractivity contribution in [1.29, 1.82) is 0 Å². The zero-order valence-corrected chi connectivity index (χ0v) is 15.4. The lowest BCUT2D eigenvalue weighted by Crippen LogP contribution is -2.45. The van der Waals surface area contributed by atoms with Gasteiger partial charge in [0.2, 0.25) is 5.82 Å². The van der Waals surface area contributed by atoms with Gasteiger partial charge >= 0.3 is 0 Å². The minimum Gasteiger partial charge on any atom is -0.371 e. The lowest BCUT2D eigenvalue weighted by Gasteiger charge is -2.37. The molecular formula is C19H20F2N6O. The Balaban J connectivity index is 1.46. The number of carbonyl (C=O) groups excluding carboxylic acids is 1. The maximum Gasteiger partial charge on any atom is 0.297 e. The van der Waals surface area contributed by atoms with Crippen LogP contribution in [0.3, 0.4) is 0 Å². The number of amides is 1. The average Bonchev–Trinajstić information content (AvgIpc) is 3.17. The molecule has 1 fully saturated rings. The Labute approximate surface area is 160 Å². The predicted octanol–water partition coefficient (Wildman–Crippen LogP) is 2.80. The van der Waals surface area contributed by atoms with Crippen molar-refractivity contribution in [2.24, 2.45) is 0 Å². The largest absolute Gasteiger partial charge is 0.371 e. The zero-order chi connectivity index (χ0) is 19.7. The van der Waals surface area contributed by atoms with Crippen molar-refractivity contribution in [3.8, 4) is 0 Å². The van der Waals surface area contributed by atoms with E-state index in [9.17, 15) is 13.6 Å². The molecule has 7 nitrogen and oxygen atoms in total. The summed E-state index contributed by atoms with van der Waals surface area (Å²) in [4.78, 5) is 20.9. The molecule has 1 aliphatic heterocycles. The second-order valence-electron chi connectivity index (χ2n) is 6.84. The van der Waals surface area contributed by atoms with Gasteiger partial charge in [0.1, 0.15) is 0 Å². The highest BCUT2D eigenvalue weighted by atomic mass is 19.3. The highest BCUT2D eigenvalue weighted by molar-refractivity contribution is 5.94. The summed E-state index contributed by atoms with van der Waals surface area (Å²) in [6, 6.07) is 7.18. The molecular weight excluding hydrogens is 366 g/mol. The number of hydrogen-bond acceptors (Lipinski definition) is 5. The Kier molecular flexibility index (Phi) is 4.89. The van der Waals surface area contributed by atoms with E-state index < -0.39 is 12.2 Å². The first-order valence-electron chi connectivity index (χ1n) is 9.09. The van der Waals surface area contributed by atoms with E-state index >= 15 is 0 Å². The van der Waals surface area contributed by atoms with Crippen LogP contribution in [0.1, 0.15) is 35.4 Å². The van der Waals surface area contributed by atoms with E-state index in [-0.39, 0.29) is 11.9 Å². The van der Waals surface area contributed by atoms with Gasteiger partial charge in [-0.1, -0.05) is 0 Å². The van der Waals surface area contributed by atoms with Crippen molar-refractivity contribution >= 4 is 17.2 Å². The normalized spacial score (nSPS) is 15.4. The number of aromatic nitrogens is 4. The molecule has 146 valence electrons. The Morgan fingerprint density at radius 2 is 1.86 bits per heavy atom. The second kappa shape index (κ2) is 7.49. The molecule has 0 N–H and O–H groups in total. The Bertz CT molecular complexity index is 969. The van der Waals surface area contributed by atoms with Gasteiger partial charge in [-0.3, -0.25) is 14.2 Å². The lowest BCUT2D eigenvalue weighted by molar-refractivity contribution is 0.0708. The summed E-state index contributed by atoms with van der Waals surface area (Å²) in [5.41, 5.74) is 1.76. The van der Waals surface area contributed by atoms with Gasteiger partial charge in [-0.25, -0.2) is 8.78 Å². The lowest BCUT2D eigenvalue weighted by atomic mass is 10.0. The molecule has 4 heterocycles. The fraction of sp³-hybridized carbons (Fsp3) is 0.368. The Hall–Kier alpha value is -3.10. The number of fused-ring (bicyclic) bond motifs is 1. The number of rotatable bonds is 4. The topological polar surface area (TPSA) is 66.6 Å². The molecule has 0 spiro atoms. The molecule has 0 bridgehead atoms. The van der Waals surface area contributed by atoms with E-state index in [0.29, 0.717) is 11.2 Å². The van der Waals surface area contributed by atoms with E-state index in [2.05, 4.69) is 20.1 Å². The van der Waals surface area contributed by atoms with Gasteiger partial charge < -0.3 is 9.80 Å². The number of carbonyl (C=O) groups is 1. The first-order chi connectivity index (χ1) is 13.5. The molecule has 9 heteroatoms. The molecule has 1 amide bonds. The highest BCUT2D eigenvalue weighted by Gasteiger charge is 2.27. The molecule has 0 unspecified atom stereocenters.